The highest BCUT2D eigenvalue weighted by Gasteiger charge is 2.57. The van der Waals surface area contributed by atoms with Crippen molar-refractivity contribution < 1.29 is 41.3 Å². The molecule has 0 radical (unpaired) electrons. The van der Waals surface area contributed by atoms with Crippen molar-refractivity contribution in [3.63, 3.8) is 0 Å². The summed E-state index contributed by atoms with van der Waals surface area (Å²) in [6.07, 6.45) is -24.9. The van der Waals surface area contributed by atoms with Gasteiger partial charge in [0.05, 0.1) is 12.1 Å². The first-order chi connectivity index (χ1) is 10.6. The van der Waals surface area contributed by atoms with E-state index in [9.17, 15) is 36.6 Å². The van der Waals surface area contributed by atoms with Crippen LogP contribution in [0.3, 0.4) is 0 Å². The molecule has 2 rings (SSSR count). The van der Waals surface area contributed by atoms with E-state index in [1.54, 1.807) is 0 Å². The first kappa shape index (κ1) is 18.7. The zero-order valence-electron chi connectivity index (χ0n) is 11.7. The molecule has 136 valence electrons. The molecule has 0 aromatic rings. The van der Waals surface area contributed by atoms with Crippen LogP contribution in [0, 0.1) is 0 Å². The number of aliphatic hydroxyl groups is 2. The van der Waals surface area contributed by atoms with Gasteiger partial charge in [-0.3, -0.25) is 0 Å². The van der Waals surface area contributed by atoms with Gasteiger partial charge >= 0.3 is 0 Å². The third kappa shape index (κ3) is 3.04. The van der Waals surface area contributed by atoms with Crippen LogP contribution in [0.4, 0.5) is 26.3 Å². The molecule has 11 heteroatoms. The summed E-state index contributed by atoms with van der Waals surface area (Å²) in [7, 11) is 0. The van der Waals surface area contributed by atoms with Crippen LogP contribution in [0.1, 0.15) is 0 Å². The largest absolute Gasteiger partial charge is 0.388 e. The summed E-state index contributed by atoms with van der Waals surface area (Å²) < 4.78 is 87.2. The summed E-state index contributed by atoms with van der Waals surface area (Å²) in [5.41, 5.74) is 10.2. The van der Waals surface area contributed by atoms with Gasteiger partial charge in [0.2, 0.25) is 0 Å². The number of nitrogens with two attached hydrogens (primary N) is 2. The Bertz CT molecular complexity index is 356. The molecule has 0 aliphatic heterocycles. The Kier molecular flexibility index (Phi) is 5.46. The van der Waals surface area contributed by atoms with Gasteiger partial charge in [-0.2, -0.15) is 0 Å². The van der Waals surface area contributed by atoms with Crippen molar-refractivity contribution in [2.24, 2.45) is 11.5 Å². The molecular formula is C12H18F6N2O3. The second-order valence-electron chi connectivity index (χ2n) is 5.87. The van der Waals surface area contributed by atoms with Crippen molar-refractivity contribution in [1.29, 1.82) is 0 Å². The van der Waals surface area contributed by atoms with Gasteiger partial charge in [-0.25, -0.2) is 26.3 Å². The molecule has 2 saturated carbocycles. The van der Waals surface area contributed by atoms with Crippen molar-refractivity contribution in [2.45, 2.75) is 73.5 Å². The standard InChI is InChI=1S/C12H18F6N2O3/c13-1-3(15)11(5(17)9(21)7(1)19)23-12-4(16)2(14)8(20)10(22)6(12)18/h1-12,21-22H,19-20H2. The Hall–Kier alpha value is -0.620. The van der Waals surface area contributed by atoms with Crippen molar-refractivity contribution in [3.8, 4) is 0 Å². The quantitative estimate of drug-likeness (QED) is 0.486. The normalized spacial score (nSPS) is 58.2. The third-order valence-electron chi connectivity index (χ3n) is 4.35. The zero-order valence-corrected chi connectivity index (χ0v) is 11.7. The van der Waals surface area contributed by atoms with Crippen LogP contribution in [0.25, 0.3) is 0 Å². The van der Waals surface area contributed by atoms with Crippen molar-refractivity contribution in [1.82, 2.24) is 0 Å². The van der Waals surface area contributed by atoms with E-state index in [1.807, 2.05) is 0 Å². The SMILES string of the molecule is NC1C(O)C(F)C(OC2C(F)C(O)C(N)C(F)C2F)C(F)C1F. The van der Waals surface area contributed by atoms with Gasteiger partial charge in [0.1, 0.15) is 24.4 Å². The van der Waals surface area contributed by atoms with Crippen molar-refractivity contribution in [2.75, 3.05) is 0 Å². The fourth-order valence-electron chi connectivity index (χ4n) is 2.81. The molecule has 0 saturated heterocycles. The second-order valence-corrected chi connectivity index (χ2v) is 5.87. The van der Waals surface area contributed by atoms with E-state index in [4.69, 9.17) is 11.5 Å². The molecule has 0 heterocycles. The maximum atomic E-state index is 13.9. The fourth-order valence-corrected chi connectivity index (χ4v) is 2.81. The minimum atomic E-state index is -2.73. The molecule has 12 unspecified atom stereocenters. The summed E-state index contributed by atoms with van der Waals surface area (Å²) in [4.78, 5) is 0. The van der Waals surface area contributed by atoms with E-state index in [-0.39, 0.29) is 0 Å². The topological polar surface area (TPSA) is 102 Å². The maximum absolute atomic E-state index is 13.9. The van der Waals surface area contributed by atoms with Crippen LogP contribution in [0.2, 0.25) is 0 Å². The number of halogens is 6. The molecule has 0 aromatic carbocycles. The molecule has 5 nitrogen and oxygen atoms in total. The molecule has 6 N–H and O–H groups in total. The van der Waals surface area contributed by atoms with Gasteiger partial charge in [0.25, 0.3) is 0 Å². The molecule has 0 spiro atoms. The molecule has 2 aliphatic rings. The van der Waals surface area contributed by atoms with E-state index in [1.165, 1.54) is 0 Å². The minimum Gasteiger partial charge on any atom is -0.388 e. The lowest BCUT2D eigenvalue weighted by atomic mass is 9.83. The molecule has 0 aromatic heterocycles. The van der Waals surface area contributed by atoms with Gasteiger partial charge < -0.3 is 26.4 Å². The number of rotatable bonds is 2. The van der Waals surface area contributed by atoms with Crippen LogP contribution < -0.4 is 11.5 Å². The summed E-state index contributed by atoms with van der Waals surface area (Å²) in [5, 5.41) is 18.8. The Labute approximate surface area is 127 Å². The number of hydrogen-bond acceptors (Lipinski definition) is 5. The molecule has 0 bridgehead atoms. The summed E-state index contributed by atoms with van der Waals surface area (Å²) in [5.74, 6) is 0. The number of aliphatic hydroxyl groups excluding tert-OH is 2. The predicted molar refractivity (Wildman–Crippen MR) is 66.0 cm³/mol. The lowest BCUT2D eigenvalue weighted by Crippen LogP contribution is -2.67. The minimum absolute atomic E-state index is 1.89. The third-order valence-corrected chi connectivity index (χ3v) is 4.35. The highest BCUT2D eigenvalue weighted by molar-refractivity contribution is 5.06. The molecule has 12 atom stereocenters. The van der Waals surface area contributed by atoms with E-state index in [2.05, 4.69) is 4.74 Å². The lowest BCUT2D eigenvalue weighted by Gasteiger charge is -2.44. The van der Waals surface area contributed by atoms with Gasteiger partial charge in [-0.05, 0) is 0 Å². The molecule has 2 fully saturated rings. The van der Waals surface area contributed by atoms with Crippen LogP contribution >= 0.6 is 0 Å². The Balaban J connectivity index is 2.19. The number of ether oxygens (including phenoxy) is 1. The highest BCUT2D eigenvalue weighted by atomic mass is 19.2. The second kappa shape index (κ2) is 6.71. The van der Waals surface area contributed by atoms with Crippen LogP contribution in [-0.2, 0) is 4.74 Å². The molecule has 0 amide bonds. The van der Waals surface area contributed by atoms with Crippen molar-refractivity contribution in [3.05, 3.63) is 0 Å². The van der Waals surface area contributed by atoms with E-state index in [0.717, 1.165) is 0 Å². The van der Waals surface area contributed by atoms with E-state index >= 15 is 0 Å². The van der Waals surface area contributed by atoms with Crippen LogP contribution in [0.15, 0.2) is 0 Å². The maximum Gasteiger partial charge on any atom is 0.162 e. The number of hydrogen-bond donors (Lipinski definition) is 4. The number of alkyl halides is 6. The highest BCUT2D eigenvalue weighted by Crippen LogP contribution is 2.35. The van der Waals surface area contributed by atoms with Gasteiger partial charge in [0, 0.05) is 0 Å². The zero-order chi connectivity index (χ0) is 17.6. The average Bonchev–Trinajstić information content (AvgIpc) is 2.54. The predicted octanol–water partition coefficient (Wildman–Crippen LogP) is -0.828. The Morgan fingerprint density at radius 3 is 1.17 bits per heavy atom. The Morgan fingerprint density at radius 2 is 0.870 bits per heavy atom. The summed E-state index contributed by atoms with van der Waals surface area (Å²) >= 11 is 0. The molecular weight excluding hydrogens is 334 g/mol. The van der Waals surface area contributed by atoms with Crippen molar-refractivity contribution >= 4 is 0 Å². The van der Waals surface area contributed by atoms with Crippen LogP contribution in [-0.4, -0.2) is 83.7 Å². The van der Waals surface area contributed by atoms with Gasteiger partial charge in [0.15, 0.2) is 37.0 Å². The Morgan fingerprint density at radius 1 is 0.565 bits per heavy atom. The smallest absolute Gasteiger partial charge is 0.162 e. The monoisotopic (exact) mass is 352 g/mol. The lowest BCUT2D eigenvalue weighted by molar-refractivity contribution is -0.215. The average molecular weight is 352 g/mol. The molecule has 2 aliphatic carbocycles. The fraction of sp³-hybridized carbons (Fsp3) is 1.00. The van der Waals surface area contributed by atoms with Gasteiger partial charge in [-0.15, -0.1) is 0 Å². The first-order valence-corrected chi connectivity index (χ1v) is 6.96. The van der Waals surface area contributed by atoms with E-state index in [0.29, 0.717) is 0 Å². The molecule has 23 heavy (non-hydrogen) atoms. The van der Waals surface area contributed by atoms with E-state index < -0.39 is 73.5 Å². The van der Waals surface area contributed by atoms with Crippen LogP contribution in [0.5, 0.6) is 0 Å². The first-order valence-electron chi connectivity index (χ1n) is 6.96. The summed E-state index contributed by atoms with van der Waals surface area (Å²) in [6.45, 7) is 0. The van der Waals surface area contributed by atoms with Gasteiger partial charge in [-0.1, -0.05) is 0 Å². The summed E-state index contributed by atoms with van der Waals surface area (Å²) in [6, 6.07) is -3.78.